The van der Waals surface area contributed by atoms with Gasteiger partial charge in [-0.1, -0.05) is 6.92 Å². The summed E-state index contributed by atoms with van der Waals surface area (Å²) in [6, 6.07) is 1.88. The summed E-state index contributed by atoms with van der Waals surface area (Å²) >= 11 is 0. The number of hydrogen-bond acceptors (Lipinski definition) is 7. The van der Waals surface area contributed by atoms with Gasteiger partial charge in [0.15, 0.2) is 5.58 Å². The highest BCUT2D eigenvalue weighted by molar-refractivity contribution is 6.06. The van der Waals surface area contributed by atoms with Crippen molar-refractivity contribution in [1.82, 2.24) is 34.1 Å². The zero-order valence-corrected chi connectivity index (χ0v) is 18.6. The molecule has 5 aromatic heterocycles. The van der Waals surface area contributed by atoms with E-state index in [9.17, 15) is 4.79 Å². The lowest BCUT2D eigenvalue weighted by Gasteiger charge is -2.14. The van der Waals surface area contributed by atoms with Crippen molar-refractivity contribution < 1.29 is 9.15 Å². The summed E-state index contributed by atoms with van der Waals surface area (Å²) in [7, 11) is 3.69. The molecule has 0 bridgehead atoms. The van der Waals surface area contributed by atoms with Gasteiger partial charge in [0.05, 0.1) is 36.5 Å². The fourth-order valence-electron chi connectivity index (χ4n) is 4.62. The normalized spacial score (nSPS) is 18.6. The van der Waals surface area contributed by atoms with Gasteiger partial charge in [0.1, 0.15) is 11.2 Å². The van der Waals surface area contributed by atoms with E-state index in [4.69, 9.17) is 9.15 Å². The second-order valence-corrected chi connectivity index (χ2v) is 8.53. The molecule has 1 fully saturated rings. The van der Waals surface area contributed by atoms with Crippen LogP contribution in [0.4, 0.5) is 0 Å². The number of aromatic nitrogens is 7. The number of ether oxygens (including phenoxy) is 1. The Balaban J connectivity index is 1.66. The summed E-state index contributed by atoms with van der Waals surface area (Å²) in [5.74, 6) is 0. The number of fused-ring (bicyclic) bond motifs is 3. The highest BCUT2D eigenvalue weighted by Crippen LogP contribution is 2.37. The molecule has 10 nitrogen and oxygen atoms in total. The zero-order valence-electron chi connectivity index (χ0n) is 18.6. The van der Waals surface area contributed by atoms with Crippen LogP contribution in [0.5, 0.6) is 0 Å². The molecule has 0 aromatic carbocycles. The Morgan fingerprint density at radius 2 is 1.82 bits per heavy atom. The summed E-state index contributed by atoms with van der Waals surface area (Å²) in [6.07, 6.45) is 10.7. The molecule has 0 radical (unpaired) electrons. The van der Waals surface area contributed by atoms with Crippen LogP contribution >= 0.6 is 0 Å². The number of nitrogens with zero attached hydrogens (tertiary/aromatic N) is 7. The summed E-state index contributed by atoms with van der Waals surface area (Å²) in [5.41, 5.74) is 4.34. The largest absolute Gasteiger partial charge is 0.434 e. The molecule has 168 valence electrons. The molecule has 2 atom stereocenters. The third-order valence-corrected chi connectivity index (χ3v) is 6.29. The van der Waals surface area contributed by atoms with E-state index < -0.39 is 0 Å². The van der Waals surface area contributed by atoms with Crippen LogP contribution in [0.15, 0.2) is 46.3 Å². The Hall–Kier alpha value is -3.79. The lowest BCUT2D eigenvalue weighted by molar-refractivity contribution is 0.104. The van der Waals surface area contributed by atoms with Crippen molar-refractivity contribution >= 4 is 22.2 Å². The third kappa shape index (κ3) is 3.17. The van der Waals surface area contributed by atoms with Crippen molar-refractivity contribution in [2.24, 2.45) is 14.1 Å². The van der Waals surface area contributed by atoms with Crippen LogP contribution < -0.4 is 5.69 Å². The topological polar surface area (TPSA) is 106 Å². The van der Waals surface area contributed by atoms with Crippen LogP contribution in [-0.2, 0) is 18.8 Å². The fraction of sp³-hybridized carbons (Fsp3) is 0.348. The molecule has 0 amide bonds. The lowest BCUT2D eigenvalue weighted by atomic mass is 10.1. The molecule has 1 aliphatic heterocycles. The summed E-state index contributed by atoms with van der Waals surface area (Å²) in [5, 5.41) is 9.27. The van der Waals surface area contributed by atoms with E-state index in [2.05, 4.69) is 27.1 Å². The van der Waals surface area contributed by atoms with Crippen LogP contribution in [0, 0.1) is 0 Å². The maximum atomic E-state index is 13.4. The Kier molecular flexibility index (Phi) is 4.44. The van der Waals surface area contributed by atoms with Gasteiger partial charge < -0.3 is 9.15 Å². The molecule has 0 spiro atoms. The van der Waals surface area contributed by atoms with E-state index in [1.165, 1.54) is 0 Å². The van der Waals surface area contributed by atoms with Crippen LogP contribution in [0.3, 0.4) is 0 Å². The smallest absolute Gasteiger partial charge is 0.349 e. The first-order valence-electron chi connectivity index (χ1n) is 11.0. The first-order chi connectivity index (χ1) is 16.0. The zero-order chi connectivity index (χ0) is 22.7. The fourth-order valence-corrected chi connectivity index (χ4v) is 4.62. The van der Waals surface area contributed by atoms with Gasteiger partial charge in [-0.3, -0.25) is 13.9 Å². The van der Waals surface area contributed by atoms with Gasteiger partial charge >= 0.3 is 5.69 Å². The molecule has 0 unspecified atom stereocenters. The molecule has 10 heteroatoms. The summed E-state index contributed by atoms with van der Waals surface area (Å²) < 4.78 is 17.3. The first kappa shape index (κ1) is 19.9. The number of aryl methyl sites for hydroxylation is 2. The highest BCUT2D eigenvalue weighted by Gasteiger charge is 2.31. The van der Waals surface area contributed by atoms with E-state index in [-0.39, 0.29) is 17.8 Å². The predicted molar refractivity (Wildman–Crippen MR) is 122 cm³/mol. The van der Waals surface area contributed by atoms with Crippen LogP contribution in [-0.4, -0.2) is 46.8 Å². The van der Waals surface area contributed by atoms with E-state index in [1.807, 2.05) is 32.6 Å². The Bertz CT molecular complexity index is 1560. The molecule has 0 saturated carbocycles. The Morgan fingerprint density at radius 3 is 2.48 bits per heavy atom. The van der Waals surface area contributed by atoms with Gasteiger partial charge in [0.25, 0.3) is 0 Å². The SMILES string of the molecule is CC[C@H]1C[C@@H](n2c(=O)nc(-c3cnn(C)c3)c3oc4ncc(-c5cnn(C)c5)cc4c32)CO1. The molecule has 6 heterocycles. The molecule has 6 rings (SSSR count). The van der Waals surface area contributed by atoms with Gasteiger partial charge in [-0.05, 0) is 18.9 Å². The Morgan fingerprint density at radius 1 is 1.06 bits per heavy atom. The highest BCUT2D eigenvalue weighted by atomic mass is 16.5. The molecule has 33 heavy (non-hydrogen) atoms. The van der Waals surface area contributed by atoms with Crippen molar-refractivity contribution in [3.63, 3.8) is 0 Å². The molecule has 0 N–H and O–H groups in total. The minimum atomic E-state index is -0.332. The summed E-state index contributed by atoms with van der Waals surface area (Å²) in [6.45, 7) is 2.55. The molecule has 5 aromatic rings. The number of furan rings is 1. The summed E-state index contributed by atoms with van der Waals surface area (Å²) in [4.78, 5) is 22.4. The van der Waals surface area contributed by atoms with Gasteiger partial charge in [-0.2, -0.15) is 15.2 Å². The number of hydrogen-bond donors (Lipinski definition) is 0. The maximum absolute atomic E-state index is 13.4. The average molecular weight is 445 g/mol. The predicted octanol–water partition coefficient (Wildman–Crippen LogP) is 3.08. The minimum Gasteiger partial charge on any atom is -0.434 e. The molecular weight excluding hydrogens is 422 g/mol. The van der Waals surface area contributed by atoms with Crippen molar-refractivity contribution in [2.75, 3.05) is 6.61 Å². The molecule has 1 aliphatic rings. The van der Waals surface area contributed by atoms with Crippen molar-refractivity contribution in [3.05, 3.63) is 47.5 Å². The molecule has 0 aliphatic carbocycles. The lowest BCUT2D eigenvalue weighted by Crippen LogP contribution is -2.28. The van der Waals surface area contributed by atoms with Gasteiger partial charge in [-0.25, -0.2) is 9.78 Å². The van der Waals surface area contributed by atoms with Gasteiger partial charge in [0, 0.05) is 49.4 Å². The molecular formula is C23H23N7O3. The van der Waals surface area contributed by atoms with E-state index in [0.717, 1.165) is 29.4 Å². The Labute approximate surface area is 188 Å². The van der Waals surface area contributed by atoms with E-state index in [0.29, 0.717) is 34.7 Å². The third-order valence-electron chi connectivity index (χ3n) is 6.29. The van der Waals surface area contributed by atoms with Crippen LogP contribution in [0.1, 0.15) is 25.8 Å². The van der Waals surface area contributed by atoms with E-state index in [1.54, 1.807) is 32.5 Å². The standard InChI is InChI=1S/C23H23N7O3/c1-4-17-6-16(12-32-17)30-20-18-5-13(14-8-25-28(2)10-14)7-24-22(18)33-21(20)19(27-23(30)31)15-9-26-29(3)11-15/h5,7-11,16-17H,4,6,12H2,1-3H3/t16-,17+/m1/s1. The van der Waals surface area contributed by atoms with Crippen molar-refractivity contribution in [2.45, 2.75) is 31.9 Å². The van der Waals surface area contributed by atoms with E-state index >= 15 is 0 Å². The van der Waals surface area contributed by atoms with Gasteiger partial charge in [0.2, 0.25) is 5.71 Å². The number of rotatable bonds is 4. The second kappa shape index (κ2) is 7.38. The first-order valence-corrected chi connectivity index (χ1v) is 11.0. The maximum Gasteiger partial charge on any atom is 0.349 e. The second-order valence-electron chi connectivity index (χ2n) is 8.53. The monoisotopic (exact) mass is 445 g/mol. The van der Waals surface area contributed by atoms with Crippen LogP contribution in [0.2, 0.25) is 0 Å². The van der Waals surface area contributed by atoms with Crippen LogP contribution in [0.25, 0.3) is 44.6 Å². The minimum absolute atomic E-state index is 0.122. The quantitative estimate of drug-likeness (QED) is 0.418. The average Bonchev–Trinajstić information content (AvgIpc) is 3.59. The number of pyridine rings is 1. The molecule has 1 saturated heterocycles. The van der Waals surface area contributed by atoms with Crippen molar-refractivity contribution in [3.8, 4) is 22.4 Å². The van der Waals surface area contributed by atoms with Crippen molar-refractivity contribution in [1.29, 1.82) is 0 Å². The van der Waals surface area contributed by atoms with Gasteiger partial charge in [-0.15, -0.1) is 0 Å².